The van der Waals surface area contributed by atoms with E-state index in [1.165, 1.54) is 83.1 Å². The fourth-order valence-corrected chi connectivity index (χ4v) is 10.2. The Hall–Kier alpha value is -6.96. The lowest BCUT2D eigenvalue weighted by molar-refractivity contribution is 0.662. The van der Waals surface area contributed by atoms with E-state index < -0.39 is 0 Å². The minimum absolute atomic E-state index is 0.117. The molecular weight excluding hydrogens is 699 g/mol. The summed E-state index contributed by atoms with van der Waals surface area (Å²) in [5.41, 5.74) is 19.9. The lowest BCUT2D eigenvalue weighted by atomic mass is 9.74. The van der Waals surface area contributed by atoms with Crippen LogP contribution >= 0.6 is 0 Å². The van der Waals surface area contributed by atoms with E-state index in [1.807, 2.05) is 0 Å². The van der Waals surface area contributed by atoms with Crippen LogP contribution in [-0.2, 0) is 10.8 Å². The lowest BCUT2D eigenvalue weighted by Crippen LogP contribution is -2.22. The number of anilines is 3. The summed E-state index contributed by atoms with van der Waals surface area (Å²) in [6, 6.07) is 76.5. The fourth-order valence-electron chi connectivity index (χ4n) is 10.2. The monoisotopic (exact) mass is 741 g/mol. The second kappa shape index (κ2) is 13.0. The van der Waals surface area contributed by atoms with E-state index in [2.05, 4.69) is 232 Å². The SMILES string of the molecule is CC1(C)c2ccccc2-c2cccc(-c3cccc(N(c4ccc(-c5ccc6ccccc6c5)cc4)c4ccc5c(c4)C(C)(c4ccccc4)c4ccccc4-5)c3)c21. The maximum absolute atomic E-state index is 2.45. The highest BCUT2D eigenvalue weighted by Crippen LogP contribution is 2.55. The zero-order chi connectivity index (χ0) is 39.0. The summed E-state index contributed by atoms with van der Waals surface area (Å²) in [6.07, 6.45) is 0. The van der Waals surface area contributed by atoms with Crippen LogP contribution in [0.15, 0.2) is 206 Å². The molecule has 276 valence electrons. The van der Waals surface area contributed by atoms with E-state index in [4.69, 9.17) is 0 Å². The zero-order valence-corrected chi connectivity index (χ0v) is 33.1. The second-order valence-electron chi connectivity index (χ2n) is 16.7. The second-order valence-corrected chi connectivity index (χ2v) is 16.7. The molecule has 0 fully saturated rings. The molecule has 0 radical (unpaired) electrons. The van der Waals surface area contributed by atoms with Crippen LogP contribution in [0.4, 0.5) is 17.1 Å². The lowest BCUT2D eigenvalue weighted by Gasteiger charge is -2.31. The van der Waals surface area contributed by atoms with Gasteiger partial charge in [0.25, 0.3) is 0 Å². The van der Waals surface area contributed by atoms with E-state index >= 15 is 0 Å². The summed E-state index contributed by atoms with van der Waals surface area (Å²) in [4.78, 5) is 2.45. The van der Waals surface area contributed by atoms with Crippen molar-refractivity contribution in [2.75, 3.05) is 4.90 Å². The Kier molecular flexibility index (Phi) is 7.72. The summed E-state index contributed by atoms with van der Waals surface area (Å²) in [5, 5.41) is 2.51. The molecule has 9 aromatic carbocycles. The molecule has 2 aliphatic rings. The van der Waals surface area contributed by atoms with Crippen molar-refractivity contribution >= 4 is 27.8 Å². The third kappa shape index (κ3) is 5.16. The Labute approximate surface area is 341 Å². The summed E-state index contributed by atoms with van der Waals surface area (Å²) in [5.74, 6) is 0. The van der Waals surface area contributed by atoms with Gasteiger partial charge in [-0.2, -0.15) is 0 Å². The molecule has 0 amide bonds. The molecule has 0 N–H and O–H groups in total. The number of benzene rings is 9. The summed E-state index contributed by atoms with van der Waals surface area (Å²) in [6.45, 7) is 7.15. The molecular formula is C57H43N. The van der Waals surface area contributed by atoms with Gasteiger partial charge in [-0.05, 0) is 132 Å². The van der Waals surface area contributed by atoms with Gasteiger partial charge in [-0.25, -0.2) is 0 Å². The Morgan fingerprint density at radius 2 is 0.914 bits per heavy atom. The van der Waals surface area contributed by atoms with Gasteiger partial charge in [0.1, 0.15) is 0 Å². The molecule has 11 rings (SSSR count). The molecule has 58 heavy (non-hydrogen) atoms. The van der Waals surface area contributed by atoms with Crippen LogP contribution in [0, 0.1) is 0 Å². The van der Waals surface area contributed by atoms with Gasteiger partial charge >= 0.3 is 0 Å². The molecule has 2 aliphatic carbocycles. The Bertz CT molecular complexity index is 3040. The average molecular weight is 742 g/mol. The van der Waals surface area contributed by atoms with Crippen molar-refractivity contribution in [3.05, 3.63) is 234 Å². The average Bonchev–Trinajstić information content (AvgIpc) is 3.68. The third-order valence-corrected chi connectivity index (χ3v) is 13.1. The third-order valence-electron chi connectivity index (χ3n) is 13.1. The molecule has 1 atom stereocenters. The minimum Gasteiger partial charge on any atom is -0.310 e. The summed E-state index contributed by atoms with van der Waals surface area (Å²) >= 11 is 0. The van der Waals surface area contributed by atoms with Crippen LogP contribution in [0.3, 0.4) is 0 Å². The van der Waals surface area contributed by atoms with Crippen LogP contribution in [0.5, 0.6) is 0 Å². The van der Waals surface area contributed by atoms with Gasteiger partial charge in [0.05, 0.1) is 0 Å². The van der Waals surface area contributed by atoms with Crippen molar-refractivity contribution in [3.63, 3.8) is 0 Å². The van der Waals surface area contributed by atoms with E-state index in [9.17, 15) is 0 Å². The predicted octanol–water partition coefficient (Wildman–Crippen LogP) is 15.3. The van der Waals surface area contributed by atoms with Gasteiger partial charge in [0.15, 0.2) is 0 Å². The standard InChI is InChI=1S/C57H43N/c1-56(2)52-25-11-9-22-49(52)51-24-14-23-47(55(51)56)42-17-13-20-45(36-42)58(44-31-29-39(30-32-44)41-28-27-38-15-7-8-16-40(38)35-41)46-33-34-50-48-21-10-12-26-53(48)57(3,54(50)37-46)43-18-5-4-6-19-43/h4-37H,1-3H3. The van der Waals surface area contributed by atoms with Gasteiger partial charge in [0.2, 0.25) is 0 Å². The van der Waals surface area contributed by atoms with Crippen molar-refractivity contribution in [1.29, 1.82) is 0 Å². The molecule has 1 nitrogen and oxygen atoms in total. The predicted molar refractivity (Wildman–Crippen MR) is 245 cm³/mol. The molecule has 0 saturated carbocycles. The zero-order valence-electron chi connectivity index (χ0n) is 33.1. The highest BCUT2D eigenvalue weighted by atomic mass is 15.1. The van der Waals surface area contributed by atoms with E-state index in [0.717, 1.165) is 17.1 Å². The van der Waals surface area contributed by atoms with E-state index in [0.29, 0.717) is 0 Å². The molecule has 1 heteroatoms. The summed E-state index contributed by atoms with van der Waals surface area (Å²) < 4.78 is 0. The summed E-state index contributed by atoms with van der Waals surface area (Å²) in [7, 11) is 0. The van der Waals surface area contributed by atoms with Crippen molar-refractivity contribution in [2.45, 2.75) is 31.6 Å². The maximum Gasteiger partial charge on any atom is 0.0467 e. The quantitative estimate of drug-likeness (QED) is 0.164. The first-order valence-corrected chi connectivity index (χ1v) is 20.4. The largest absolute Gasteiger partial charge is 0.310 e. The molecule has 0 aromatic heterocycles. The van der Waals surface area contributed by atoms with Gasteiger partial charge in [0, 0.05) is 27.9 Å². The van der Waals surface area contributed by atoms with Crippen molar-refractivity contribution in [2.24, 2.45) is 0 Å². The normalized spacial score (nSPS) is 15.7. The first kappa shape index (κ1) is 34.3. The first-order valence-electron chi connectivity index (χ1n) is 20.4. The molecule has 9 aromatic rings. The van der Waals surface area contributed by atoms with Crippen molar-refractivity contribution in [1.82, 2.24) is 0 Å². The number of rotatable bonds is 6. The molecule has 0 spiro atoms. The van der Waals surface area contributed by atoms with Crippen LogP contribution in [0.2, 0.25) is 0 Å². The number of hydrogen-bond acceptors (Lipinski definition) is 1. The fraction of sp³-hybridized carbons (Fsp3) is 0.0877. The van der Waals surface area contributed by atoms with Crippen LogP contribution in [-0.4, -0.2) is 0 Å². The maximum atomic E-state index is 2.45. The van der Waals surface area contributed by atoms with Crippen LogP contribution in [0.1, 0.15) is 48.6 Å². The van der Waals surface area contributed by atoms with Crippen LogP contribution in [0.25, 0.3) is 55.3 Å². The number of nitrogens with zero attached hydrogens (tertiary/aromatic N) is 1. The smallest absolute Gasteiger partial charge is 0.0467 e. The van der Waals surface area contributed by atoms with E-state index in [1.54, 1.807) is 0 Å². The Morgan fingerprint density at radius 1 is 0.328 bits per heavy atom. The molecule has 0 bridgehead atoms. The molecule has 1 unspecified atom stereocenters. The van der Waals surface area contributed by atoms with Gasteiger partial charge in [-0.15, -0.1) is 0 Å². The first-order chi connectivity index (χ1) is 28.4. The van der Waals surface area contributed by atoms with E-state index in [-0.39, 0.29) is 10.8 Å². The highest BCUT2D eigenvalue weighted by Gasteiger charge is 2.41. The van der Waals surface area contributed by atoms with Crippen molar-refractivity contribution in [3.8, 4) is 44.5 Å². The van der Waals surface area contributed by atoms with Crippen molar-refractivity contribution < 1.29 is 0 Å². The Morgan fingerprint density at radius 3 is 1.72 bits per heavy atom. The molecule has 0 heterocycles. The highest BCUT2D eigenvalue weighted by molar-refractivity contribution is 5.92. The Balaban J connectivity index is 1.08. The topological polar surface area (TPSA) is 3.24 Å². The molecule has 0 saturated heterocycles. The number of fused-ring (bicyclic) bond motifs is 7. The van der Waals surface area contributed by atoms with Gasteiger partial charge in [-0.3, -0.25) is 0 Å². The van der Waals surface area contributed by atoms with Gasteiger partial charge < -0.3 is 4.90 Å². The van der Waals surface area contributed by atoms with Crippen LogP contribution < -0.4 is 4.90 Å². The van der Waals surface area contributed by atoms with Gasteiger partial charge in [-0.1, -0.05) is 178 Å². The number of hydrogen-bond donors (Lipinski definition) is 0. The minimum atomic E-state index is -0.304. The molecule has 0 aliphatic heterocycles.